The summed E-state index contributed by atoms with van der Waals surface area (Å²) in [5.41, 5.74) is 4.95. The van der Waals surface area contributed by atoms with E-state index in [1.165, 1.54) is 0 Å². The fraction of sp³-hybridized carbons (Fsp3) is 0.833. The van der Waals surface area contributed by atoms with Gasteiger partial charge in [0.25, 0.3) is 0 Å². The van der Waals surface area contributed by atoms with Crippen molar-refractivity contribution in [2.45, 2.75) is 46.7 Å². The van der Waals surface area contributed by atoms with Crippen molar-refractivity contribution in [1.29, 1.82) is 0 Å². The molecule has 0 radical (unpaired) electrons. The summed E-state index contributed by atoms with van der Waals surface area (Å²) >= 11 is 0. The Hall–Kier alpha value is -1.14. The molecule has 0 unspecified atom stereocenters. The van der Waals surface area contributed by atoms with E-state index in [1.807, 2.05) is 13.8 Å². The molecule has 0 aliphatic heterocycles. The predicted octanol–water partition coefficient (Wildman–Crippen LogP) is 0.759. The van der Waals surface area contributed by atoms with E-state index < -0.39 is 24.0 Å². The quantitative estimate of drug-likeness (QED) is 0.595. The Balaban J connectivity index is 0. The molecule has 18 heavy (non-hydrogen) atoms. The van der Waals surface area contributed by atoms with Crippen molar-refractivity contribution in [3.8, 4) is 0 Å². The zero-order valence-electron chi connectivity index (χ0n) is 12.0. The number of rotatable bonds is 4. The van der Waals surface area contributed by atoms with E-state index >= 15 is 0 Å². The van der Waals surface area contributed by atoms with E-state index in [2.05, 4.69) is 5.32 Å². The number of hydrogen-bond acceptors (Lipinski definition) is 4. The molecule has 0 aromatic carbocycles. The maximum absolute atomic E-state index is 10.3. The highest BCUT2D eigenvalue weighted by Crippen LogP contribution is 2.16. The highest BCUT2D eigenvalue weighted by Gasteiger charge is 2.26. The number of nitrogens with one attached hydrogen (secondary N) is 1. The lowest BCUT2D eigenvalue weighted by molar-refractivity contribution is -0.141. The van der Waals surface area contributed by atoms with Gasteiger partial charge in [0.2, 0.25) is 0 Å². The second-order valence-corrected chi connectivity index (χ2v) is 5.53. The first-order chi connectivity index (χ1) is 7.95. The first kappa shape index (κ1) is 19.2. The number of nitrogens with two attached hydrogens (primary N) is 1. The number of aliphatic carboxylic acids is 2. The molecule has 0 aliphatic carbocycles. The van der Waals surface area contributed by atoms with E-state index in [0.717, 1.165) is 0 Å². The lowest BCUT2D eigenvalue weighted by Gasteiger charge is -2.22. The number of likely N-dealkylation sites (N-methyl/N-ethyl adjacent to an activating group) is 1. The lowest BCUT2D eigenvalue weighted by Crippen LogP contribution is -2.41. The molecule has 0 saturated carbocycles. The van der Waals surface area contributed by atoms with Crippen molar-refractivity contribution in [1.82, 2.24) is 5.32 Å². The first-order valence-electron chi connectivity index (χ1n) is 5.83. The number of carbonyl (C=O) groups is 2. The second-order valence-electron chi connectivity index (χ2n) is 5.53. The summed E-state index contributed by atoms with van der Waals surface area (Å²) < 4.78 is 0. The van der Waals surface area contributed by atoms with E-state index in [9.17, 15) is 9.59 Å². The molecule has 2 atom stereocenters. The fourth-order valence-corrected chi connectivity index (χ4v) is 1.11. The van der Waals surface area contributed by atoms with Gasteiger partial charge in [0.15, 0.2) is 0 Å². The van der Waals surface area contributed by atoms with Crippen LogP contribution in [0.4, 0.5) is 0 Å². The van der Waals surface area contributed by atoms with Gasteiger partial charge in [0.05, 0.1) is 0 Å². The highest BCUT2D eigenvalue weighted by molar-refractivity contribution is 5.74. The number of hydrogen-bond donors (Lipinski definition) is 4. The molecule has 0 saturated heterocycles. The summed E-state index contributed by atoms with van der Waals surface area (Å²) in [4.78, 5) is 20.5. The molecule has 0 heterocycles. The van der Waals surface area contributed by atoms with Crippen LogP contribution in [0.2, 0.25) is 0 Å². The molecule has 6 heteroatoms. The lowest BCUT2D eigenvalue weighted by atomic mass is 9.88. The van der Waals surface area contributed by atoms with Gasteiger partial charge in [-0.2, -0.15) is 0 Å². The van der Waals surface area contributed by atoms with Gasteiger partial charge in [-0.1, -0.05) is 34.6 Å². The van der Waals surface area contributed by atoms with Gasteiger partial charge < -0.3 is 21.3 Å². The molecule has 0 bridgehead atoms. The summed E-state index contributed by atoms with van der Waals surface area (Å²) in [6.45, 7) is 9.13. The van der Waals surface area contributed by atoms with E-state index in [0.29, 0.717) is 0 Å². The molecule has 108 valence electrons. The molecule has 0 fully saturated rings. The highest BCUT2D eigenvalue weighted by atomic mass is 16.4. The summed E-state index contributed by atoms with van der Waals surface area (Å²) in [6.07, 6.45) is 0. The van der Waals surface area contributed by atoms with Crippen LogP contribution >= 0.6 is 0 Å². The summed E-state index contributed by atoms with van der Waals surface area (Å²) in [7, 11) is 1.65. The minimum absolute atomic E-state index is 0.146. The Labute approximate surface area is 109 Å². The average Bonchev–Trinajstić information content (AvgIpc) is 2.15. The Morgan fingerprint density at radius 3 is 1.50 bits per heavy atom. The van der Waals surface area contributed by atoms with Gasteiger partial charge in [0, 0.05) is 0 Å². The Kier molecular flexibility index (Phi) is 8.59. The van der Waals surface area contributed by atoms with Crippen LogP contribution in [-0.2, 0) is 9.59 Å². The van der Waals surface area contributed by atoms with Crippen LogP contribution in [-0.4, -0.2) is 41.3 Å². The molecular formula is C12H26N2O4. The third-order valence-electron chi connectivity index (χ3n) is 2.44. The molecule has 5 N–H and O–H groups in total. The smallest absolute Gasteiger partial charge is 0.321 e. The van der Waals surface area contributed by atoms with E-state index in [4.69, 9.17) is 15.9 Å². The van der Waals surface area contributed by atoms with Crippen LogP contribution in [0.25, 0.3) is 0 Å². The Bertz CT molecular complexity index is 260. The third kappa shape index (κ3) is 8.03. The zero-order valence-corrected chi connectivity index (χ0v) is 12.0. The number of carboxylic acids is 2. The third-order valence-corrected chi connectivity index (χ3v) is 2.44. The van der Waals surface area contributed by atoms with Crippen LogP contribution in [0.15, 0.2) is 0 Å². The fourth-order valence-electron chi connectivity index (χ4n) is 1.11. The molecule has 6 nitrogen and oxygen atoms in total. The van der Waals surface area contributed by atoms with E-state index in [-0.39, 0.29) is 11.3 Å². The van der Waals surface area contributed by atoms with Crippen LogP contribution in [0.5, 0.6) is 0 Å². The Morgan fingerprint density at radius 1 is 1.11 bits per heavy atom. The van der Waals surface area contributed by atoms with Crippen molar-refractivity contribution in [2.24, 2.45) is 17.1 Å². The van der Waals surface area contributed by atoms with E-state index in [1.54, 1.807) is 27.8 Å². The van der Waals surface area contributed by atoms with Gasteiger partial charge in [0.1, 0.15) is 12.1 Å². The van der Waals surface area contributed by atoms with Crippen molar-refractivity contribution in [3.63, 3.8) is 0 Å². The van der Waals surface area contributed by atoms with Gasteiger partial charge >= 0.3 is 11.9 Å². The second kappa shape index (κ2) is 8.05. The van der Waals surface area contributed by atoms with Crippen LogP contribution in [0.1, 0.15) is 34.6 Å². The molecule has 0 amide bonds. The summed E-state index contributed by atoms with van der Waals surface area (Å²) in [5, 5.41) is 19.6. The van der Waals surface area contributed by atoms with Gasteiger partial charge in [-0.25, -0.2) is 0 Å². The molecule has 0 aliphatic rings. The van der Waals surface area contributed by atoms with Crippen molar-refractivity contribution in [2.75, 3.05) is 7.05 Å². The molecule has 0 rings (SSSR count). The molecule has 0 spiro atoms. The van der Waals surface area contributed by atoms with Gasteiger partial charge in [-0.05, 0) is 18.4 Å². The predicted molar refractivity (Wildman–Crippen MR) is 70.4 cm³/mol. The SMILES string of the molecule is CC(C)(C)[C@H](N)C(=O)O.CN[C@H](C(=O)O)C(C)C. The zero-order chi connectivity index (χ0) is 15.1. The topological polar surface area (TPSA) is 113 Å². The molecule has 0 aromatic rings. The van der Waals surface area contributed by atoms with Gasteiger partial charge in [-0.15, -0.1) is 0 Å². The minimum atomic E-state index is -0.942. The Morgan fingerprint density at radius 2 is 1.50 bits per heavy atom. The average molecular weight is 262 g/mol. The largest absolute Gasteiger partial charge is 0.480 e. The van der Waals surface area contributed by atoms with Crippen LogP contribution in [0, 0.1) is 11.3 Å². The molecule has 0 aromatic heterocycles. The monoisotopic (exact) mass is 262 g/mol. The maximum Gasteiger partial charge on any atom is 0.321 e. The standard InChI is InChI=1S/2C6H13NO2/c1-6(2,3)4(7)5(8)9;1-4(2)5(7-3)6(8)9/h4H,7H2,1-3H3,(H,8,9);4-5,7H,1-3H3,(H,8,9)/t4-;5-/m10/s1. The minimum Gasteiger partial charge on any atom is -0.480 e. The van der Waals surface area contributed by atoms with Crippen LogP contribution in [0.3, 0.4) is 0 Å². The van der Waals surface area contributed by atoms with Gasteiger partial charge in [-0.3, -0.25) is 9.59 Å². The normalized spacial score (nSPS) is 14.4. The summed E-state index contributed by atoms with van der Waals surface area (Å²) in [6, 6.07) is -1.18. The first-order valence-corrected chi connectivity index (χ1v) is 5.83. The molecular weight excluding hydrogens is 236 g/mol. The van der Waals surface area contributed by atoms with Crippen LogP contribution < -0.4 is 11.1 Å². The van der Waals surface area contributed by atoms with Crippen molar-refractivity contribution < 1.29 is 19.8 Å². The number of carboxylic acid groups (broad SMARTS) is 2. The van der Waals surface area contributed by atoms with Crippen molar-refractivity contribution >= 4 is 11.9 Å². The van der Waals surface area contributed by atoms with Crippen molar-refractivity contribution in [3.05, 3.63) is 0 Å². The summed E-state index contributed by atoms with van der Waals surface area (Å²) in [5.74, 6) is -1.58. The maximum atomic E-state index is 10.3.